The summed E-state index contributed by atoms with van der Waals surface area (Å²) in [6, 6.07) is 15.7. The molecule has 1 fully saturated rings. The van der Waals surface area contributed by atoms with E-state index < -0.39 is 0 Å². The summed E-state index contributed by atoms with van der Waals surface area (Å²) in [5.41, 5.74) is 3.61. The van der Waals surface area contributed by atoms with Crippen LogP contribution in [-0.4, -0.2) is 51.3 Å². The van der Waals surface area contributed by atoms with E-state index in [0.29, 0.717) is 30.9 Å². The highest BCUT2D eigenvalue weighted by molar-refractivity contribution is 7.12. The van der Waals surface area contributed by atoms with Crippen LogP contribution in [0.25, 0.3) is 0 Å². The Balaban J connectivity index is 1.16. The quantitative estimate of drug-likeness (QED) is 0.290. The smallest absolute Gasteiger partial charge is 0.306 e. The van der Waals surface area contributed by atoms with Gasteiger partial charge in [-0.25, -0.2) is 4.39 Å². The maximum atomic E-state index is 14.6. The van der Waals surface area contributed by atoms with Gasteiger partial charge in [0.25, 0.3) is 0 Å². The zero-order chi connectivity index (χ0) is 27.4. The number of piperidine rings is 1. The van der Waals surface area contributed by atoms with E-state index >= 15 is 0 Å². The number of methoxy groups -OCH3 is 1. The van der Waals surface area contributed by atoms with Crippen LogP contribution in [-0.2, 0) is 34.5 Å². The first kappa shape index (κ1) is 27.5. The van der Waals surface area contributed by atoms with Crippen LogP contribution in [0.15, 0.2) is 48.5 Å². The number of benzene rings is 2. The van der Waals surface area contributed by atoms with Crippen LogP contribution in [0.2, 0.25) is 0 Å². The molecule has 0 radical (unpaired) electrons. The molecule has 3 aromatic rings. The molecule has 0 atom stereocenters. The van der Waals surface area contributed by atoms with Crippen LogP contribution >= 0.6 is 11.3 Å². The molecule has 6 nitrogen and oxygen atoms in total. The average Bonchev–Trinajstić information content (AvgIpc) is 3.46. The molecule has 2 aromatic carbocycles. The normalized spacial score (nSPS) is 16.4. The van der Waals surface area contributed by atoms with Crippen molar-refractivity contribution in [2.45, 2.75) is 51.2 Å². The van der Waals surface area contributed by atoms with Gasteiger partial charge in [0.1, 0.15) is 23.9 Å². The average molecular weight is 553 g/mol. The van der Waals surface area contributed by atoms with Gasteiger partial charge in [-0.05, 0) is 68.6 Å². The van der Waals surface area contributed by atoms with E-state index in [0.717, 1.165) is 49.6 Å². The molecule has 8 heteroatoms. The second-order valence-corrected chi connectivity index (χ2v) is 11.7. The molecule has 3 heterocycles. The molecule has 0 N–H and O–H groups in total. The molecular weight excluding hydrogens is 515 g/mol. The molecule has 0 amide bonds. The van der Waals surface area contributed by atoms with Gasteiger partial charge in [0, 0.05) is 48.6 Å². The van der Waals surface area contributed by atoms with Gasteiger partial charge in [0.2, 0.25) is 0 Å². The minimum absolute atomic E-state index is 0.158. The Morgan fingerprint density at radius 2 is 1.92 bits per heavy atom. The van der Waals surface area contributed by atoms with Crippen LogP contribution in [0.4, 0.5) is 10.1 Å². The number of para-hydroxylation sites is 1. The number of hydrogen-bond acceptors (Lipinski definition) is 7. The summed E-state index contributed by atoms with van der Waals surface area (Å²) in [4.78, 5) is 18.7. The molecule has 208 valence electrons. The van der Waals surface area contributed by atoms with Crippen LogP contribution in [0, 0.1) is 5.82 Å². The highest BCUT2D eigenvalue weighted by Gasteiger charge is 2.43. The fourth-order valence-corrected chi connectivity index (χ4v) is 7.00. The number of hydrogen-bond donors (Lipinski definition) is 0. The number of nitrogens with zero attached hydrogens (tertiary/aromatic N) is 2. The van der Waals surface area contributed by atoms with Crippen molar-refractivity contribution in [2.75, 3.05) is 45.3 Å². The number of esters is 1. The fraction of sp³-hybridized carbons (Fsp3) is 0.452. The maximum absolute atomic E-state index is 14.6. The summed E-state index contributed by atoms with van der Waals surface area (Å²) >= 11 is 1.69. The number of carbonyl (C=O) groups excluding carboxylic acids is 1. The lowest BCUT2D eigenvalue weighted by Gasteiger charge is -2.39. The highest BCUT2D eigenvalue weighted by atomic mass is 32.1. The molecule has 1 spiro atoms. The third-order valence-corrected chi connectivity index (χ3v) is 9.03. The first-order valence-electron chi connectivity index (χ1n) is 13.7. The van der Waals surface area contributed by atoms with E-state index in [9.17, 15) is 9.18 Å². The SMILES string of the molecule is CCOC(=O)CCc1ccc(OCc2cc(OC)c(CN3CCC4(CC3)CN(C)c3ccccc34)s2)cc1F. The summed E-state index contributed by atoms with van der Waals surface area (Å²) in [5.74, 6) is 0.648. The summed E-state index contributed by atoms with van der Waals surface area (Å²) in [5, 5.41) is 0. The Hall–Kier alpha value is -3.10. The molecule has 0 aliphatic carbocycles. The van der Waals surface area contributed by atoms with E-state index in [1.807, 2.05) is 6.07 Å². The standard InChI is InChI=1S/C31H37FN2O4S/c1-4-37-30(35)12-10-22-9-11-23(17-26(22)32)38-20-24-18-28(36-3)29(39-24)19-34-15-13-31(14-16-34)21-33(2)27-8-6-5-7-25(27)31/h5-9,11,17-18H,4,10,12-16,19-21H2,1-3H3. The number of anilines is 1. The van der Waals surface area contributed by atoms with Crippen molar-refractivity contribution in [1.82, 2.24) is 4.90 Å². The molecule has 1 aromatic heterocycles. The van der Waals surface area contributed by atoms with Gasteiger partial charge in [0.15, 0.2) is 0 Å². The number of halogens is 1. The zero-order valence-corrected chi connectivity index (χ0v) is 23.8. The van der Waals surface area contributed by atoms with Crippen molar-refractivity contribution < 1.29 is 23.4 Å². The molecule has 5 rings (SSSR count). The van der Waals surface area contributed by atoms with Crippen LogP contribution in [0.3, 0.4) is 0 Å². The molecule has 0 unspecified atom stereocenters. The molecular formula is C31H37FN2O4S. The topological polar surface area (TPSA) is 51.2 Å². The zero-order valence-electron chi connectivity index (χ0n) is 23.0. The molecule has 1 saturated heterocycles. The van der Waals surface area contributed by atoms with Crippen molar-refractivity contribution >= 4 is 23.0 Å². The van der Waals surface area contributed by atoms with E-state index in [-0.39, 0.29) is 23.6 Å². The van der Waals surface area contributed by atoms with Gasteiger partial charge in [-0.1, -0.05) is 24.3 Å². The number of aryl methyl sites for hydroxylation is 1. The summed E-state index contributed by atoms with van der Waals surface area (Å²) in [6.45, 7) is 6.48. The third kappa shape index (κ3) is 6.07. The number of thiophene rings is 1. The monoisotopic (exact) mass is 552 g/mol. The van der Waals surface area contributed by atoms with E-state index in [2.05, 4.69) is 41.1 Å². The predicted molar refractivity (Wildman–Crippen MR) is 152 cm³/mol. The van der Waals surface area contributed by atoms with Crippen LogP contribution in [0.1, 0.15) is 47.1 Å². The first-order chi connectivity index (χ1) is 18.9. The van der Waals surface area contributed by atoms with Gasteiger partial charge >= 0.3 is 5.97 Å². The van der Waals surface area contributed by atoms with E-state index in [1.54, 1.807) is 37.5 Å². The second-order valence-electron chi connectivity index (χ2n) is 10.5. The summed E-state index contributed by atoms with van der Waals surface area (Å²) < 4.78 is 31.1. The van der Waals surface area contributed by atoms with Crippen molar-refractivity contribution in [2.24, 2.45) is 0 Å². The number of ether oxygens (including phenoxy) is 3. The Labute approximate surface area is 234 Å². The molecule has 0 saturated carbocycles. The van der Waals surface area contributed by atoms with Gasteiger partial charge in [-0.2, -0.15) is 0 Å². The van der Waals surface area contributed by atoms with Crippen LogP contribution < -0.4 is 14.4 Å². The van der Waals surface area contributed by atoms with Crippen molar-refractivity contribution in [3.05, 3.63) is 75.2 Å². The number of likely N-dealkylation sites (N-methyl/N-ethyl adjacent to an activating group) is 1. The molecule has 2 aliphatic rings. The van der Waals surface area contributed by atoms with E-state index in [1.165, 1.54) is 22.2 Å². The fourth-order valence-electron chi connectivity index (χ4n) is 5.91. The Morgan fingerprint density at radius 1 is 1.13 bits per heavy atom. The minimum atomic E-state index is -0.375. The van der Waals surface area contributed by atoms with Crippen molar-refractivity contribution in [1.29, 1.82) is 0 Å². The Kier molecular flexibility index (Phi) is 8.43. The number of fused-ring (bicyclic) bond motifs is 2. The van der Waals surface area contributed by atoms with Crippen LogP contribution in [0.5, 0.6) is 11.5 Å². The second kappa shape index (κ2) is 12.0. The summed E-state index contributed by atoms with van der Waals surface area (Å²) in [7, 11) is 3.91. The number of carbonyl (C=O) groups is 1. The highest BCUT2D eigenvalue weighted by Crippen LogP contribution is 2.46. The number of likely N-dealkylation sites (tertiary alicyclic amines) is 1. The molecule has 2 aliphatic heterocycles. The van der Waals surface area contributed by atoms with Gasteiger partial charge < -0.3 is 19.1 Å². The minimum Gasteiger partial charge on any atom is -0.496 e. The Morgan fingerprint density at radius 3 is 2.67 bits per heavy atom. The maximum Gasteiger partial charge on any atom is 0.306 e. The lowest BCUT2D eigenvalue weighted by Crippen LogP contribution is -2.44. The van der Waals surface area contributed by atoms with Crippen molar-refractivity contribution in [3.8, 4) is 11.5 Å². The summed E-state index contributed by atoms with van der Waals surface area (Å²) in [6.07, 6.45) is 2.76. The first-order valence-corrected chi connectivity index (χ1v) is 14.5. The largest absolute Gasteiger partial charge is 0.496 e. The molecule has 39 heavy (non-hydrogen) atoms. The van der Waals surface area contributed by atoms with Gasteiger partial charge in [0.05, 0.1) is 18.6 Å². The lowest BCUT2D eigenvalue weighted by molar-refractivity contribution is -0.143. The van der Waals surface area contributed by atoms with Crippen molar-refractivity contribution in [3.63, 3.8) is 0 Å². The lowest BCUT2D eigenvalue weighted by atomic mass is 9.74. The Bertz CT molecular complexity index is 1300. The van der Waals surface area contributed by atoms with Gasteiger partial charge in [-0.15, -0.1) is 11.3 Å². The molecule has 0 bridgehead atoms. The van der Waals surface area contributed by atoms with Gasteiger partial charge in [-0.3, -0.25) is 9.69 Å². The number of rotatable bonds is 10. The predicted octanol–water partition coefficient (Wildman–Crippen LogP) is 5.95. The third-order valence-electron chi connectivity index (χ3n) is 7.96. The van der Waals surface area contributed by atoms with E-state index in [4.69, 9.17) is 14.2 Å².